The van der Waals surface area contributed by atoms with E-state index in [9.17, 15) is 4.79 Å². The molecule has 0 unspecified atom stereocenters. The van der Waals surface area contributed by atoms with Gasteiger partial charge in [-0.15, -0.1) is 10.2 Å². The molecule has 0 spiro atoms. The molecule has 0 aromatic heterocycles. The number of nitrogens with zero attached hydrogens (tertiary/aromatic N) is 4. The lowest BCUT2D eigenvalue weighted by Crippen LogP contribution is -2.22. The van der Waals surface area contributed by atoms with E-state index in [1.54, 1.807) is 12.1 Å². The van der Waals surface area contributed by atoms with Crippen LogP contribution in [0, 0.1) is 0 Å². The van der Waals surface area contributed by atoms with Crippen LogP contribution in [0.4, 0.5) is 11.4 Å². The molecule has 1 aliphatic heterocycles. The van der Waals surface area contributed by atoms with Crippen LogP contribution in [0.1, 0.15) is 10.4 Å². The van der Waals surface area contributed by atoms with Crippen LogP contribution >= 0.6 is 0 Å². The highest BCUT2D eigenvalue weighted by Gasteiger charge is 2.20. The minimum atomic E-state index is -0.240. The molecule has 3 N–H and O–H groups in total. The van der Waals surface area contributed by atoms with Crippen molar-refractivity contribution >= 4 is 34.7 Å². The van der Waals surface area contributed by atoms with Gasteiger partial charge in [-0.05, 0) is 42.0 Å². The number of rotatable bonds is 5. The van der Waals surface area contributed by atoms with Crippen LogP contribution in [-0.4, -0.2) is 31.3 Å². The number of nitrogens with one attached hydrogen (secondary N) is 1. The highest BCUT2D eigenvalue weighted by atomic mass is 16.3. The fraction of sp³-hybridized carbons (Fsp3) is 0.0714. The molecule has 8 nitrogen and oxygen atoms in total. The SMILES string of the molecule is CN(C)c1ccc2oc3c(NC(=O)c4ccccc4)ccc(-c4ccccc4)c3nc-2c1=NN=CN. The Morgan fingerprint density at radius 3 is 2.39 bits per heavy atom. The molecule has 0 radical (unpaired) electrons. The predicted molar refractivity (Wildman–Crippen MR) is 143 cm³/mol. The Morgan fingerprint density at radius 2 is 1.69 bits per heavy atom. The third-order valence-electron chi connectivity index (χ3n) is 5.74. The number of carbonyl (C=O) groups excluding carboxylic acids is 1. The number of nitrogens with two attached hydrogens (primary N) is 1. The van der Waals surface area contributed by atoms with Crippen molar-refractivity contribution in [3.05, 3.63) is 95.8 Å². The molecule has 3 aromatic carbocycles. The van der Waals surface area contributed by atoms with E-state index in [1.807, 2.05) is 91.8 Å². The average Bonchev–Trinajstić information content (AvgIpc) is 2.91. The molecule has 5 rings (SSSR count). The largest absolute Gasteiger partial charge is 0.451 e. The Bertz CT molecular complexity index is 1610. The van der Waals surface area contributed by atoms with E-state index in [-0.39, 0.29) is 5.91 Å². The van der Waals surface area contributed by atoms with Gasteiger partial charge in [0, 0.05) is 25.2 Å². The molecule has 3 aromatic rings. The maximum absolute atomic E-state index is 12.9. The number of anilines is 2. The molecule has 178 valence electrons. The van der Waals surface area contributed by atoms with Crippen molar-refractivity contribution in [1.29, 1.82) is 0 Å². The monoisotopic (exact) mass is 476 g/mol. The fourth-order valence-corrected chi connectivity index (χ4v) is 4.03. The first-order valence-electron chi connectivity index (χ1n) is 11.3. The normalized spacial score (nSPS) is 11.9. The second-order valence-electron chi connectivity index (χ2n) is 8.28. The zero-order chi connectivity index (χ0) is 25.1. The standard InChI is InChI=1S/C28H24N6O2/c1-34(2)22-15-16-23-26(25(22)33-30-17-29)32-24-20(18-9-5-3-6-10-18)13-14-21(27(24)36-23)31-28(35)19-11-7-4-8-12-19/h3-17H,1-2H3,(H2,29,30)(H,31,35). The number of benzene rings is 4. The van der Waals surface area contributed by atoms with E-state index in [0.717, 1.165) is 23.2 Å². The molecule has 0 saturated carbocycles. The van der Waals surface area contributed by atoms with Crippen molar-refractivity contribution in [2.75, 3.05) is 24.3 Å². The fourth-order valence-electron chi connectivity index (χ4n) is 4.03. The van der Waals surface area contributed by atoms with Crippen LogP contribution < -0.4 is 21.3 Å². The summed E-state index contributed by atoms with van der Waals surface area (Å²) in [5, 5.41) is 11.7. The van der Waals surface area contributed by atoms with E-state index >= 15 is 0 Å². The van der Waals surface area contributed by atoms with Gasteiger partial charge in [-0.1, -0.05) is 48.5 Å². The van der Waals surface area contributed by atoms with Gasteiger partial charge in [-0.25, -0.2) is 4.98 Å². The minimum absolute atomic E-state index is 0.240. The van der Waals surface area contributed by atoms with Crippen LogP contribution in [0.2, 0.25) is 0 Å². The zero-order valence-corrected chi connectivity index (χ0v) is 19.8. The van der Waals surface area contributed by atoms with Crippen LogP contribution in [0.15, 0.2) is 99.5 Å². The lowest BCUT2D eigenvalue weighted by atomic mass is 10.0. The van der Waals surface area contributed by atoms with Gasteiger partial charge in [0.25, 0.3) is 5.91 Å². The first-order valence-corrected chi connectivity index (χ1v) is 11.3. The van der Waals surface area contributed by atoms with Gasteiger partial charge in [-0.3, -0.25) is 4.79 Å². The summed E-state index contributed by atoms with van der Waals surface area (Å²) in [6, 6.07) is 26.4. The van der Waals surface area contributed by atoms with Crippen LogP contribution in [0.3, 0.4) is 0 Å². The average molecular weight is 477 g/mol. The highest BCUT2D eigenvalue weighted by Crippen LogP contribution is 2.36. The van der Waals surface area contributed by atoms with E-state index < -0.39 is 0 Å². The number of hydrogen-bond donors (Lipinski definition) is 2. The van der Waals surface area contributed by atoms with Crippen LogP contribution in [-0.2, 0) is 0 Å². The van der Waals surface area contributed by atoms with Gasteiger partial charge >= 0.3 is 0 Å². The number of hydrogen-bond acceptors (Lipinski definition) is 6. The van der Waals surface area contributed by atoms with Gasteiger partial charge in [0.2, 0.25) is 0 Å². The van der Waals surface area contributed by atoms with E-state index in [1.165, 1.54) is 0 Å². The summed E-state index contributed by atoms with van der Waals surface area (Å²) in [7, 11) is 3.83. The molecule has 0 fully saturated rings. The Kier molecular flexibility index (Phi) is 6.15. The number of aromatic nitrogens is 1. The van der Waals surface area contributed by atoms with E-state index in [4.69, 9.17) is 15.1 Å². The third kappa shape index (κ3) is 4.27. The summed E-state index contributed by atoms with van der Waals surface area (Å²) in [6.45, 7) is 0. The number of fused-ring (bicyclic) bond motifs is 2. The van der Waals surface area contributed by atoms with E-state index in [0.29, 0.717) is 39.2 Å². The Hall–Kier alpha value is -4.98. The van der Waals surface area contributed by atoms with Crippen molar-refractivity contribution in [2.45, 2.75) is 0 Å². The van der Waals surface area contributed by atoms with Gasteiger partial charge < -0.3 is 20.4 Å². The lowest BCUT2D eigenvalue weighted by molar-refractivity contribution is 0.102. The van der Waals surface area contributed by atoms with Gasteiger partial charge in [-0.2, -0.15) is 0 Å². The second kappa shape index (κ2) is 9.71. The molecule has 0 saturated heterocycles. The molecule has 1 amide bonds. The lowest BCUT2D eigenvalue weighted by Gasteiger charge is -2.17. The Labute approximate surface area is 207 Å². The molecule has 0 bridgehead atoms. The summed E-state index contributed by atoms with van der Waals surface area (Å²) in [5.74, 6) is 0.259. The Balaban J connectivity index is 1.80. The first kappa shape index (κ1) is 22.8. The second-order valence-corrected chi connectivity index (χ2v) is 8.28. The molecule has 36 heavy (non-hydrogen) atoms. The quantitative estimate of drug-likeness (QED) is 0.165. The summed E-state index contributed by atoms with van der Waals surface area (Å²) in [6.07, 6.45) is 1.13. The van der Waals surface area contributed by atoms with Crippen LogP contribution in [0.25, 0.3) is 33.7 Å². The van der Waals surface area contributed by atoms with Crippen molar-refractivity contribution in [1.82, 2.24) is 4.98 Å². The summed E-state index contributed by atoms with van der Waals surface area (Å²) >= 11 is 0. The molecular formula is C28H24N6O2. The number of amides is 1. The summed E-state index contributed by atoms with van der Waals surface area (Å²) in [5.41, 5.74) is 10.7. The highest BCUT2D eigenvalue weighted by molar-refractivity contribution is 6.09. The topological polar surface area (TPSA) is 109 Å². The molecule has 8 heteroatoms. The smallest absolute Gasteiger partial charge is 0.255 e. The molecular weight excluding hydrogens is 452 g/mol. The van der Waals surface area contributed by atoms with Crippen molar-refractivity contribution in [3.63, 3.8) is 0 Å². The van der Waals surface area contributed by atoms with E-state index in [2.05, 4.69) is 15.5 Å². The van der Waals surface area contributed by atoms with Crippen molar-refractivity contribution in [3.8, 4) is 22.6 Å². The Morgan fingerprint density at radius 1 is 0.972 bits per heavy atom. The maximum Gasteiger partial charge on any atom is 0.255 e. The molecule has 2 aliphatic rings. The molecule has 0 atom stereocenters. The molecule has 1 aliphatic carbocycles. The predicted octanol–water partition coefficient (Wildman–Crippen LogP) is 4.72. The van der Waals surface area contributed by atoms with Gasteiger partial charge in [0.1, 0.15) is 22.9 Å². The molecule has 1 heterocycles. The zero-order valence-electron chi connectivity index (χ0n) is 19.8. The summed E-state index contributed by atoms with van der Waals surface area (Å²) in [4.78, 5) is 19.9. The maximum atomic E-state index is 12.9. The van der Waals surface area contributed by atoms with Gasteiger partial charge in [0.05, 0.1) is 11.4 Å². The minimum Gasteiger partial charge on any atom is -0.451 e. The van der Waals surface area contributed by atoms with Crippen molar-refractivity contribution < 1.29 is 9.21 Å². The van der Waals surface area contributed by atoms with Crippen molar-refractivity contribution in [2.24, 2.45) is 15.9 Å². The van der Waals surface area contributed by atoms with Crippen LogP contribution in [0.5, 0.6) is 0 Å². The third-order valence-corrected chi connectivity index (χ3v) is 5.74. The first-order chi connectivity index (χ1) is 17.6. The summed E-state index contributed by atoms with van der Waals surface area (Å²) < 4.78 is 6.39. The van der Waals surface area contributed by atoms with Gasteiger partial charge in [0.15, 0.2) is 11.3 Å². The number of carbonyl (C=O) groups is 1.